The van der Waals surface area contributed by atoms with E-state index in [9.17, 15) is 0 Å². The summed E-state index contributed by atoms with van der Waals surface area (Å²) in [6.45, 7) is 6.06. The minimum atomic E-state index is 0.427. The normalized spacial score (nSPS) is 30.6. The van der Waals surface area contributed by atoms with E-state index in [-0.39, 0.29) is 0 Å². The highest BCUT2D eigenvalue weighted by Crippen LogP contribution is 2.45. The third kappa shape index (κ3) is 2.17. The Kier molecular flexibility index (Phi) is 3.35. The fourth-order valence-electron chi connectivity index (χ4n) is 3.51. The van der Waals surface area contributed by atoms with Crippen molar-refractivity contribution in [2.24, 2.45) is 11.3 Å². The number of pyridine rings is 1. The number of hydrogen-bond acceptors (Lipinski definition) is 3. The molecule has 3 heteroatoms. The molecule has 2 atom stereocenters. The molecule has 3 rings (SSSR count). The Morgan fingerprint density at radius 1 is 1.56 bits per heavy atom. The van der Waals surface area contributed by atoms with Crippen molar-refractivity contribution in [1.29, 1.82) is 0 Å². The van der Waals surface area contributed by atoms with Crippen LogP contribution in [0.5, 0.6) is 0 Å². The molecular formula is C15H22N2O. The number of nitrogens with one attached hydrogen (secondary N) is 1. The van der Waals surface area contributed by atoms with E-state index >= 15 is 0 Å². The Hall–Kier alpha value is -0.930. The second-order valence-corrected chi connectivity index (χ2v) is 5.88. The number of fused-ring (bicyclic) bond motifs is 1. The Balaban J connectivity index is 1.57. The zero-order valence-corrected chi connectivity index (χ0v) is 11.1. The molecule has 1 N–H and O–H groups in total. The van der Waals surface area contributed by atoms with Crippen molar-refractivity contribution in [3.8, 4) is 0 Å². The SMILES string of the molecule is Cc1ccncc1COC[C@@]12CCC[C@@H]1CNC2. The van der Waals surface area contributed by atoms with Gasteiger partial charge in [0, 0.05) is 24.4 Å². The van der Waals surface area contributed by atoms with Gasteiger partial charge in [0.25, 0.3) is 0 Å². The van der Waals surface area contributed by atoms with Crippen molar-refractivity contribution in [1.82, 2.24) is 10.3 Å². The maximum atomic E-state index is 6.01. The number of nitrogens with zero attached hydrogens (tertiary/aromatic N) is 1. The van der Waals surface area contributed by atoms with Crippen molar-refractivity contribution in [2.45, 2.75) is 32.8 Å². The Morgan fingerprint density at radius 3 is 3.39 bits per heavy atom. The van der Waals surface area contributed by atoms with Gasteiger partial charge in [-0.3, -0.25) is 4.98 Å². The number of hydrogen-bond donors (Lipinski definition) is 1. The first-order valence-corrected chi connectivity index (χ1v) is 6.98. The zero-order valence-electron chi connectivity index (χ0n) is 11.1. The monoisotopic (exact) mass is 246 g/mol. The van der Waals surface area contributed by atoms with Gasteiger partial charge in [-0.2, -0.15) is 0 Å². The van der Waals surface area contributed by atoms with Gasteiger partial charge < -0.3 is 10.1 Å². The van der Waals surface area contributed by atoms with E-state index in [2.05, 4.69) is 17.2 Å². The van der Waals surface area contributed by atoms with E-state index in [1.807, 2.05) is 18.5 Å². The van der Waals surface area contributed by atoms with Crippen molar-refractivity contribution in [3.05, 3.63) is 29.6 Å². The molecule has 0 radical (unpaired) electrons. The lowest BCUT2D eigenvalue weighted by Crippen LogP contribution is -2.31. The van der Waals surface area contributed by atoms with E-state index < -0.39 is 0 Å². The van der Waals surface area contributed by atoms with Gasteiger partial charge in [-0.25, -0.2) is 0 Å². The van der Waals surface area contributed by atoms with Gasteiger partial charge in [-0.1, -0.05) is 6.42 Å². The van der Waals surface area contributed by atoms with E-state index in [0.29, 0.717) is 12.0 Å². The molecule has 0 unspecified atom stereocenters. The van der Waals surface area contributed by atoms with E-state index in [1.165, 1.54) is 36.9 Å². The van der Waals surface area contributed by atoms with E-state index in [0.717, 1.165) is 19.1 Å². The van der Waals surface area contributed by atoms with Crippen molar-refractivity contribution < 1.29 is 4.74 Å². The quantitative estimate of drug-likeness (QED) is 0.885. The number of rotatable bonds is 4. The molecule has 98 valence electrons. The molecule has 0 spiro atoms. The first kappa shape index (κ1) is 12.1. The van der Waals surface area contributed by atoms with E-state index in [4.69, 9.17) is 4.74 Å². The van der Waals surface area contributed by atoms with Gasteiger partial charge in [0.2, 0.25) is 0 Å². The molecule has 1 saturated heterocycles. The summed E-state index contributed by atoms with van der Waals surface area (Å²) >= 11 is 0. The summed E-state index contributed by atoms with van der Waals surface area (Å²) in [6.07, 6.45) is 7.85. The van der Waals surface area contributed by atoms with Crippen molar-refractivity contribution in [3.63, 3.8) is 0 Å². The zero-order chi connectivity index (χ0) is 12.4. The summed E-state index contributed by atoms with van der Waals surface area (Å²) in [4.78, 5) is 4.17. The van der Waals surface area contributed by atoms with Crippen LogP contribution in [-0.4, -0.2) is 24.7 Å². The predicted molar refractivity (Wildman–Crippen MR) is 71.3 cm³/mol. The highest BCUT2D eigenvalue weighted by atomic mass is 16.5. The molecule has 2 heterocycles. The third-order valence-electron chi connectivity index (χ3n) is 4.76. The average molecular weight is 246 g/mol. The summed E-state index contributed by atoms with van der Waals surface area (Å²) in [5.74, 6) is 0.840. The minimum Gasteiger partial charge on any atom is -0.376 e. The molecule has 2 fully saturated rings. The Morgan fingerprint density at radius 2 is 2.50 bits per heavy atom. The number of ether oxygens (including phenoxy) is 1. The lowest BCUT2D eigenvalue weighted by molar-refractivity contribution is 0.0306. The summed E-state index contributed by atoms with van der Waals surface area (Å²) in [5.41, 5.74) is 2.92. The molecule has 1 aromatic rings. The third-order valence-corrected chi connectivity index (χ3v) is 4.76. The van der Waals surface area contributed by atoms with Crippen molar-refractivity contribution >= 4 is 0 Å². The summed E-state index contributed by atoms with van der Waals surface area (Å²) < 4.78 is 6.01. The molecule has 1 saturated carbocycles. The van der Waals surface area contributed by atoms with E-state index in [1.54, 1.807) is 0 Å². The van der Waals surface area contributed by atoms with Crippen LogP contribution in [0.15, 0.2) is 18.5 Å². The predicted octanol–water partition coefficient (Wildman–Crippen LogP) is 2.30. The molecule has 0 aromatic carbocycles. The topological polar surface area (TPSA) is 34.1 Å². The van der Waals surface area contributed by atoms with Gasteiger partial charge in [0.15, 0.2) is 0 Å². The minimum absolute atomic E-state index is 0.427. The molecule has 0 bridgehead atoms. The number of aryl methyl sites for hydroxylation is 1. The molecule has 1 aromatic heterocycles. The summed E-state index contributed by atoms with van der Waals surface area (Å²) in [5, 5.41) is 3.53. The van der Waals surface area contributed by atoms with Gasteiger partial charge in [0.1, 0.15) is 0 Å². The molecular weight excluding hydrogens is 224 g/mol. The molecule has 3 nitrogen and oxygen atoms in total. The van der Waals surface area contributed by atoms with Gasteiger partial charge in [-0.05, 0) is 49.4 Å². The van der Waals surface area contributed by atoms with Crippen LogP contribution in [0.25, 0.3) is 0 Å². The van der Waals surface area contributed by atoms with Crippen molar-refractivity contribution in [2.75, 3.05) is 19.7 Å². The Labute approximate surface area is 109 Å². The smallest absolute Gasteiger partial charge is 0.0734 e. The van der Waals surface area contributed by atoms with Crippen LogP contribution in [0.3, 0.4) is 0 Å². The maximum Gasteiger partial charge on any atom is 0.0734 e. The van der Waals surface area contributed by atoms with Crippen LogP contribution < -0.4 is 5.32 Å². The van der Waals surface area contributed by atoms with Gasteiger partial charge in [-0.15, -0.1) is 0 Å². The molecule has 1 aliphatic carbocycles. The molecule has 1 aliphatic heterocycles. The first-order chi connectivity index (χ1) is 8.80. The van der Waals surface area contributed by atoms with Crippen LogP contribution >= 0.6 is 0 Å². The average Bonchev–Trinajstić information content (AvgIpc) is 2.91. The fraction of sp³-hybridized carbons (Fsp3) is 0.667. The van der Waals surface area contributed by atoms with Gasteiger partial charge >= 0.3 is 0 Å². The summed E-state index contributed by atoms with van der Waals surface area (Å²) in [7, 11) is 0. The second-order valence-electron chi connectivity index (χ2n) is 5.88. The Bertz CT molecular complexity index is 409. The van der Waals surface area contributed by atoms with Crippen LogP contribution in [0, 0.1) is 18.3 Å². The summed E-state index contributed by atoms with van der Waals surface area (Å²) in [6, 6.07) is 2.05. The second kappa shape index (κ2) is 4.98. The fourth-order valence-corrected chi connectivity index (χ4v) is 3.51. The van der Waals surface area contributed by atoms with Gasteiger partial charge in [0.05, 0.1) is 13.2 Å². The number of aromatic nitrogens is 1. The highest BCUT2D eigenvalue weighted by molar-refractivity contribution is 5.20. The molecule has 2 aliphatic rings. The van der Waals surface area contributed by atoms with Crippen LogP contribution in [-0.2, 0) is 11.3 Å². The molecule has 18 heavy (non-hydrogen) atoms. The standard InChI is InChI=1S/C15H22N2O/c1-12-4-6-16-7-13(12)9-18-11-15-5-2-3-14(15)8-17-10-15/h4,6-7,14,17H,2-3,5,8-11H2,1H3/t14-,15+/m1/s1. The first-order valence-electron chi connectivity index (χ1n) is 6.98. The lowest BCUT2D eigenvalue weighted by Gasteiger charge is -2.28. The maximum absolute atomic E-state index is 6.01. The largest absolute Gasteiger partial charge is 0.376 e. The highest BCUT2D eigenvalue weighted by Gasteiger charge is 2.46. The molecule has 0 amide bonds. The van der Waals surface area contributed by atoms with Crippen LogP contribution in [0.1, 0.15) is 30.4 Å². The van der Waals surface area contributed by atoms with Crippen LogP contribution in [0.2, 0.25) is 0 Å². The lowest BCUT2D eigenvalue weighted by atomic mass is 9.82. The van der Waals surface area contributed by atoms with Crippen LogP contribution in [0.4, 0.5) is 0 Å².